The van der Waals surface area contributed by atoms with E-state index in [0.29, 0.717) is 0 Å². The Balaban J connectivity index is 4.24. The van der Waals surface area contributed by atoms with Gasteiger partial charge in [0.2, 0.25) is 6.29 Å². The molecule has 0 aromatic carbocycles. The van der Waals surface area contributed by atoms with E-state index in [1.54, 1.807) is 0 Å². The highest BCUT2D eigenvalue weighted by Crippen LogP contribution is 1.52. The molecule has 4 nitrogen and oxygen atoms in total. The van der Waals surface area contributed by atoms with Gasteiger partial charge < -0.3 is 5.53 Å². The summed E-state index contributed by atoms with van der Waals surface area (Å²) in [6.07, 6.45) is 0.167. The van der Waals surface area contributed by atoms with E-state index in [2.05, 4.69) is 4.79 Å². The third kappa shape index (κ3) is 1.42. The molecule has 0 heterocycles. The van der Waals surface area contributed by atoms with Gasteiger partial charge in [-0.2, -0.15) is 10.1 Å². The number of hydrogen-bond acceptors (Lipinski definition) is 2. The van der Waals surface area contributed by atoms with Crippen molar-refractivity contribution in [1.29, 1.82) is 5.26 Å². The monoisotopic (exact) mass is 95.0 g/mol. The van der Waals surface area contributed by atoms with Gasteiger partial charge in [0.1, 0.15) is 0 Å². The summed E-state index contributed by atoms with van der Waals surface area (Å²) >= 11 is 0. The molecule has 0 amide bonds. The predicted octanol–water partition coefficient (Wildman–Crippen LogP) is -0.620. The Morgan fingerprint density at radius 3 is 2.57 bits per heavy atom. The van der Waals surface area contributed by atoms with E-state index in [4.69, 9.17) is 10.8 Å². The van der Waals surface area contributed by atoms with E-state index in [1.165, 1.54) is 6.07 Å². The fraction of sp³-hybridized carbons (Fsp3) is 0. The molecule has 0 aliphatic carbocycles. The smallest absolute Gasteiger partial charge is 0.360 e. The number of aldehydes is 1. The highest BCUT2D eigenvalue weighted by Gasteiger charge is 1.97. The van der Waals surface area contributed by atoms with E-state index in [-0.39, 0.29) is 6.29 Å². The molecular formula is C3HN3O. The van der Waals surface area contributed by atoms with Crippen molar-refractivity contribution < 1.29 is 9.58 Å². The van der Waals surface area contributed by atoms with Crippen LogP contribution in [0.2, 0.25) is 0 Å². The van der Waals surface area contributed by atoms with Gasteiger partial charge in [0.05, 0.1) is 0 Å². The van der Waals surface area contributed by atoms with Gasteiger partial charge in [0.25, 0.3) is 0 Å². The molecule has 0 unspecified atom stereocenters. The predicted molar refractivity (Wildman–Crippen MR) is 20.3 cm³/mol. The third-order valence-corrected chi connectivity index (χ3v) is 0.334. The third-order valence-electron chi connectivity index (χ3n) is 0.334. The van der Waals surface area contributed by atoms with Crippen LogP contribution in [0.3, 0.4) is 0 Å². The van der Waals surface area contributed by atoms with E-state index >= 15 is 0 Å². The molecule has 4 heteroatoms. The molecule has 0 spiro atoms. The number of carbonyl (C=O) groups is 1. The van der Waals surface area contributed by atoms with Crippen LogP contribution in [0, 0.1) is 11.3 Å². The first-order valence-electron chi connectivity index (χ1n) is 1.42. The molecule has 0 aliphatic rings. The lowest BCUT2D eigenvalue weighted by Crippen LogP contribution is -1.93. The summed E-state index contributed by atoms with van der Waals surface area (Å²) < 4.78 is 0. The maximum absolute atomic E-state index is 9.45. The Morgan fingerprint density at radius 1 is 2.00 bits per heavy atom. The topological polar surface area (TPSA) is 77.3 Å². The second-order valence-electron chi connectivity index (χ2n) is 0.715. The summed E-state index contributed by atoms with van der Waals surface area (Å²) in [6, 6.07) is 1.33. The summed E-state index contributed by atoms with van der Waals surface area (Å²) in [5, 5.41) is 7.75. The maximum Gasteiger partial charge on any atom is 0.430 e. The van der Waals surface area contributed by atoms with Gasteiger partial charge in [-0.15, -0.1) is 0 Å². The van der Waals surface area contributed by atoms with E-state index in [9.17, 15) is 4.79 Å². The molecule has 0 fully saturated rings. The lowest BCUT2D eigenvalue weighted by Gasteiger charge is -1.52. The minimum atomic E-state index is -0.514. The van der Waals surface area contributed by atoms with Crippen molar-refractivity contribution in [3.63, 3.8) is 0 Å². The van der Waals surface area contributed by atoms with Crippen LogP contribution in [0.25, 0.3) is 5.53 Å². The van der Waals surface area contributed by atoms with Crippen LogP contribution in [0.5, 0.6) is 0 Å². The standard InChI is InChI=1S/C3HN3O/c4-1-3(2-7)6-5/h2H. The van der Waals surface area contributed by atoms with Crippen LogP contribution in [0.4, 0.5) is 0 Å². The molecule has 0 saturated carbocycles. The molecule has 7 heavy (non-hydrogen) atoms. The Morgan fingerprint density at radius 2 is 2.57 bits per heavy atom. The van der Waals surface area contributed by atoms with Crippen molar-refractivity contribution in [3.05, 3.63) is 5.53 Å². The molecule has 0 saturated heterocycles. The Hall–Kier alpha value is -1.46. The van der Waals surface area contributed by atoms with Crippen LogP contribution in [0.1, 0.15) is 0 Å². The quantitative estimate of drug-likeness (QED) is 0.188. The SMILES string of the molecule is N#CC(C=O)=[N+]=[N-]. The van der Waals surface area contributed by atoms with Gasteiger partial charge >= 0.3 is 5.71 Å². The molecule has 0 atom stereocenters. The van der Waals surface area contributed by atoms with Gasteiger partial charge in [-0.25, -0.2) is 0 Å². The molecule has 0 aromatic rings. The fourth-order valence-corrected chi connectivity index (χ4v) is 0.0723. The van der Waals surface area contributed by atoms with Gasteiger partial charge in [0.15, 0.2) is 6.07 Å². The normalized spacial score (nSPS) is 5.57. The van der Waals surface area contributed by atoms with E-state index in [0.717, 1.165) is 0 Å². The first-order chi connectivity index (χ1) is 3.35. The molecule has 0 rings (SSSR count). The first-order valence-corrected chi connectivity index (χ1v) is 1.42. The second-order valence-corrected chi connectivity index (χ2v) is 0.715. The molecule has 34 valence electrons. The lowest BCUT2D eigenvalue weighted by molar-refractivity contribution is -0.106. The zero-order valence-electron chi connectivity index (χ0n) is 3.33. The Labute approximate surface area is 39.6 Å². The number of rotatable bonds is 1. The lowest BCUT2D eigenvalue weighted by atomic mass is 10.5. The highest BCUT2D eigenvalue weighted by molar-refractivity contribution is 6.32. The fourth-order valence-electron chi connectivity index (χ4n) is 0.0723. The summed E-state index contributed by atoms with van der Waals surface area (Å²) in [7, 11) is 0. The van der Waals surface area contributed by atoms with Crippen LogP contribution in [-0.4, -0.2) is 16.8 Å². The van der Waals surface area contributed by atoms with Crippen LogP contribution < -0.4 is 0 Å². The van der Waals surface area contributed by atoms with Crippen molar-refractivity contribution in [2.45, 2.75) is 0 Å². The number of hydrogen-bond donors (Lipinski definition) is 0. The Bertz CT molecular complexity index is 160. The summed E-state index contributed by atoms with van der Waals surface area (Å²) in [6.45, 7) is 0. The largest absolute Gasteiger partial charge is 0.430 e. The minimum absolute atomic E-state index is 0.167. The Kier molecular flexibility index (Phi) is 2.18. The van der Waals surface area contributed by atoms with Crippen molar-refractivity contribution >= 4 is 12.0 Å². The van der Waals surface area contributed by atoms with Crippen LogP contribution >= 0.6 is 0 Å². The van der Waals surface area contributed by atoms with Crippen LogP contribution in [-0.2, 0) is 4.79 Å². The maximum atomic E-state index is 9.45. The summed E-state index contributed by atoms with van der Waals surface area (Å²) in [5.74, 6) is 0. The summed E-state index contributed by atoms with van der Waals surface area (Å²) in [5.41, 5.74) is 7.15. The average Bonchev–Trinajstić information content (AvgIpc) is 1.72. The molecule has 0 bridgehead atoms. The number of carbonyl (C=O) groups excluding carboxylic acids is 1. The molecule has 0 radical (unpaired) electrons. The number of nitrogens with zero attached hydrogens (tertiary/aromatic N) is 3. The zero-order chi connectivity index (χ0) is 5.70. The molecule has 0 aromatic heterocycles. The van der Waals surface area contributed by atoms with Crippen LogP contribution in [0.15, 0.2) is 0 Å². The molecular weight excluding hydrogens is 94.1 g/mol. The van der Waals surface area contributed by atoms with Crippen molar-refractivity contribution in [1.82, 2.24) is 0 Å². The van der Waals surface area contributed by atoms with Crippen molar-refractivity contribution in [2.75, 3.05) is 0 Å². The second kappa shape index (κ2) is 2.76. The van der Waals surface area contributed by atoms with Crippen molar-refractivity contribution in [3.8, 4) is 6.07 Å². The number of nitriles is 1. The van der Waals surface area contributed by atoms with E-state index < -0.39 is 5.71 Å². The highest BCUT2D eigenvalue weighted by atomic mass is 16.1. The van der Waals surface area contributed by atoms with E-state index in [1.807, 2.05) is 0 Å². The summed E-state index contributed by atoms with van der Waals surface area (Å²) in [4.78, 5) is 11.8. The average molecular weight is 95.1 g/mol. The minimum Gasteiger partial charge on any atom is -0.360 e. The van der Waals surface area contributed by atoms with Gasteiger partial charge in [0, 0.05) is 0 Å². The van der Waals surface area contributed by atoms with Gasteiger partial charge in [-0.3, -0.25) is 4.79 Å². The van der Waals surface area contributed by atoms with Gasteiger partial charge in [-0.05, 0) is 0 Å². The first kappa shape index (κ1) is 5.54. The van der Waals surface area contributed by atoms with Gasteiger partial charge in [-0.1, -0.05) is 0 Å². The molecule has 0 aliphatic heterocycles. The van der Waals surface area contributed by atoms with Crippen molar-refractivity contribution in [2.24, 2.45) is 0 Å². The molecule has 0 N–H and O–H groups in total. The zero-order valence-corrected chi connectivity index (χ0v) is 3.33.